The van der Waals surface area contributed by atoms with Gasteiger partial charge >= 0.3 is 0 Å². The Hall–Kier alpha value is -2.42. The Labute approximate surface area is 214 Å². The van der Waals surface area contributed by atoms with E-state index in [0.717, 1.165) is 11.1 Å². The van der Waals surface area contributed by atoms with E-state index in [1.54, 1.807) is 45.3 Å². The molecule has 0 spiro atoms. The van der Waals surface area contributed by atoms with Gasteiger partial charge < -0.3 is 29.3 Å². The van der Waals surface area contributed by atoms with E-state index in [-0.39, 0.29) is 5.91 Å². The first-order chi connectivity index (χ1) is 16.1. The molecule has 1 amide bonds. The van der Waals surface area contributed by atoms with Crippen LogP contribution in [0.5, 0.6) is 17.2 Å². The molecule has 2 bridgehead atoms. The fourth-order valence-electron chi connectivity index (χ4n) is 4.72. The Bertz CT molecular complexity index is 1150. The molecule has 2 heterocycles. The maximum absolute atomic E-state index is 13.4. The summed E-state index contributed by atoms with van der Waals surface area (Å²) in [7, 11) is 6.67. The maximum atomic E-state index is 13.4. The van der Waals surface area contributed by atoms with E-state index < -0.39 is 17.7 Å². The zero-order valence-corrected chi connectivity index (χ0v) is 22.0. The predicted octanol–water partition coefficient (Wildman–Crippen LogP) is 4.30. The number of methoxy groups -OCH3 is 2. The van der Waals surface area contributed by atoms with E-state index in [1.165, 1.54) is 0 Å². The fourth-order valence-corrected chi connectivity index (χ4v) is 5.67. The highest BCUT2D eigenvalue weighted by molar-refractivity contribution is 7.80. The van der Waals surface area contributed by atoms with Crippen molar-refractivity contribution in [1.82, 2.24) is 15.1 Å². The lowest BCUT2D eigenvalue weighted by atomic mass is 9.78. The Morgan fingerprint density at radius 3 is 2.56 bits per heavy atom. The van der Waals surface area contributed by atoms with Crippen molar-refractivity contribution in [3.05, 3.63) is 51.5 Å². The van der Waals surface area contributed by atoms with Crippen LogP contribution in [-0.4, -0.2) is 61.4 Å². The molecule has 1 N–H and O–H groups in total. The van der Waals surface area contributed by atoms with Crippen LogP contribution in [0.4, 0.5) is 0 Å². The molecule has 10 heteroatoms. The van der Waals surface area contributed by atoms with Crippen molar-refractivity contribution in [1.29, 1.82) is 0 Å². The van der Waals surface area contributed by atoms with Gasteiger partial charge in [-0.1, -0.05) is 29.3 Å². The minimum atomic E-state index is -1.06. The topological polar surface area (TPSA) is 63.3 Å². The van der Waals surface area contributed by atoms with Gasteiger partial charge in [0.15, 0.2) is 22.3 Å². The number of amides is 1. The molecular formula is C24H27Cl2N3O4S. The zero-order chi connectivity index (χ0) is 24.8. The maximum Gasteiger partial charge on any atom is 0.233 e. The standard InChI is InChI=1S/C24H27Cl2N3O4S/c1-24-19(22(30)28(2)3)20(15-11-14(25)12-16(26)21(15)33-24)27-23(34)29(24)9-8-13-6-7-17(31-4)18(10-13)32-5/h6-7,10-12,19-20H,8-9H2,1-5H3,(H,27,34). The fraction of sp³-hybridized carbons (Fsp3) is 0.417. The molecule has 0 aromatic heterocycles. The van der Waals surface area contributed by atoms with Crippen LogP contribution in [0.25, 0.3) is 0 Å². The molecule has 2 aliphatic heterocycles. The minimum absolute atomic E-state index is 0.0830. The molecule has 3 atom stereocenters. The number of carbonyl (C=O) groups is 1. The first kappa shape index (κ1) is 24.7. The van der Waals surface area contributed by atoms with Gasteiger partial charge in [-0.05, 0) is 55.4 Å². The third-order valence-corrected chi connectivity index (χ3v) is 7.27. The third-order valence-electron chi connectivity index (χ3n) is 6.43. The number of rotatable bonds is 6. The summed E-state index contributed by atoms with van der Waals surface area (Å²) in [5.74, 6) is 1.15. The number of hydrogen-bond acceptors (Lipinski definition) is 5. The van der Waals surface area contributed by atoms with E-state index in [0.29, 0.717) is 45.4 Å². The van der Waals surface area contributed by atoms with Gasteiger partial charge in [0, 0.05) is 31.2 Å². The largest absolute Gasteiger partial charge is 0.493 e. The number of halogens is 2. The van der Waals surface area contributed by atoms with Crippen molar-refractivity contribution in [2.75, 3.05) is 34.9 Å². The third kappa shape index (κ3) is 4.12. The van der Waals surface area contributed by atoms with Gasteiger partial charge in [-0.15, -0.1) is 0 Å². The first-order valence-corrected chi connectivity index (χ1v) is 11.9. The first-order valence-electron chi connectivity index (χ1n) is 10.8. The molecule has 0 aliphatic carbocycles. The average molecular weight is 524 g/mol. The summed E-state index contributed by atoms with van der Waals surface area (Å²) in [5, 5.41) is 4.72. The monoisotopic (exact) mass is 523 g/mol. The average Bonchev–Trinajstić information content (AvgIpc) is 2.78. The van der Waals surface area contributed by atoms with Crippen molar-refractivity contribution < 1.29 is 19.0 Å². The summed E-state index contributed by atoms with van der Waals surface area (Å²) in [6.45, 7) is 2.39. The van der Waals surface area contributed by atoms with Gasteiger partial charge in [0.25, 0.3) is 0 Å². The molecule has 0 radical (unpaired) electrons. The van der Waals surface area contributed by atoms with Gasteiger partial charge in [-0.2, -0.15) is 0 Å². The van der Waals surface area contributed by atoms with Gasteiger partial charge in [0.2, 0.25) is 5.91 Å². The van der Waals surface area contributed by atoms with E-state index >= 15 is 0 Å². The predicted molar refractivity (Wildman–Crippen MR) is 136 cm³/mol. The van der Waals surface area contributed by atoms with E-state index in [9.17, 15) is 4.79 Å². The van der Waals surface area contributed by atoms with Gasteiger partial charge in [-0.25, -0.2) is 0 Å². The summed E-state index contributed by atoms with van der Waals surface area (Å²) in [5.41, 5.74) is 0.690. The highest BCUT2D eigenvalue weighted by Gasteiger charge is 2.59. The van der Waals surface area contributed by atoms with Crippen LogP contribution < -0.4 is 19.5 Å². The second kappa shape index (κ2) is 9.32. The number of nitrogens with zero attached hydrogens (tertiary/aromatic N) is 2. The number of thiocarbonyl (C=S) groups is 1. The summed E-state index contributed by atoms with van der Waals surface area (Å²) >= 11 is 18.6. The normalized spacial score (nSPS) is 22.9. The number of carbonyl (C=O) groups excluding carboxylic acids is 1. The number of ether oxygens (including phenoxy) is 3. The molecule has 3 unspecified atom stereocenters. The number of hydrogen-bond donors (Lipinski definition) is 1. The lowest BCUT2D eigenvalue weighted by Gasteiger charge is -2.56. The molecule has 7 nitrogen and oxygen atoms in total. The second-order valence-corrected chi connectivity index (χ2v) is 9.92. The van der Waals surface area contributed by atoms with Crippen LogP contribution in [0.3, 0.4) is 0 Å². The van der Waals surface area contributed by atoms with Gasteiger partial charge in [0.05, 0.1) is 25.3 Å². The van der Waals surface area contributed by atoms with Crippen LogP contribution in [0, 0.1) is 5.92 Å². The molecule has 4 rings (SSSR count). The Morgan fingerprint density at radius 2 is 1.91 bits per heavy atom. The number of fused-ring (bicyclic) bond motifs is 4. The molecule has 182 valence electrons. The summed E-state index contributed by atoms with van der Waals surface area (Å²) in [6.07, 6.45) is 0.635. The van der Waals surface area contributed by atoms with Crippen molar-refractivity contribution in [3.8, 4) is 17.2 Å². The quantitative estimate of drug-likeness (QED) is 0.566. The molecule has 2 aromatic rings. The molecule has 34 heavy (non-hydrogen) atoms. The molecule has 0 saturated carbocycles. The second-order valence-electron chi connectivity index (χ2n) is 8.69. The molecule has 2 aliphatic rings. The smallest absolute Gasteiger partial charge is 0.233 e. The lowest BCUT2D eigenvalue weighted by molar-refractivity contribution is -0.161. The zero-order valence-electron chi connectivity index (χ0n) is 19.6. The summed E-state index contributed by atoms with van der Waals surface area (Å²) < 4.78 is 17.3. The molecular weight excluding hydrogens is 497 g/mol. The van der Waals surface area contributed by atoms with Crippen LogP contribution in [0.2, 0.25) is 10.0 Å². The SMILES string of the molecule is COc1ccc(CCN2C(=S)NC3c4cc(Cl)cc(Cl)c4OC2(C)C3C(=O)N(C)C)cc1OC. The van der Waals surface area contributed by atoms with Crippen molar-refractivity contribution >= 4 is 46.4 Å². The van der Waals surface area contributed by atoms with Crippen LogP contribution >= 0.6 is 35.4 Å². The van der Waals surface area contributed by atoms with Crippen LogP contribution in [0.15, 0.2) is 30.3 Å². The van der Waals surface area contributed by atoms with Crippen LogP contribution in [-0.2, 0) is 11.2 Å². The summed E-state index contributed by atoms with van der Waals surface area (Å²) in [4.78, 5) is 16.9. The number of benzene rings is 2. The minimum Gasteiger partial charge on any atom is -0.493 e. The molecule has 2 aromatic carbocycles. The van der Waals surface area contributed by atoms with Crippen molar-refractivity contribution in [2.45, 2.75) is 25.1 Å². The van der Waals surface area contributed by atoms with Crippen molar-refractivity contribution in [3.63, 3.8) is 0 Å². The Kier molecular flexibility index (Phi) is 6.77. The number of nitrogens with one attached hydrogen (secondary N) is 1. The van der Waals surface area contributed by atoms with Crippen LogP contribution in [0.1, 0.15) is 24.1 Å². The highest BCUT2D eigenvalue weighted by Crippen LogP contribution is 2.51. The van der Waals surface area contributed by atoms with E-state index in [2.05, 4.69) is 5.32 Å². The van der Waals surface area contributed by atoms with Gasteiger partial charge in [0.1, 0.15) is 11.7 Å². The Morgan fingerprint density at radius 1 is 1.21 bits per heavy atom. The summed E-state index contributed by atoms with van der Waals surface area (Å²) in [6, 6.07) is 8.77. The highest BCUT2D eigenvalue weighted by atomic mass is 35.5. The van der Waals surface area contributed by atoms with E-state index in [4.69, 9.17) is 49.6 Å². The molecule has 1 fully saturated rings. The molecule has 1 saturated heterocycles. The van der Waals surface area contributed by atoms with Crippen molar-refractivity contribution in [2.24, 2.45) is 5.92 Å². The van der Waals surface area contributed by atoms with E-state index in [1.807, 2.05) is 30.0 Å². The lowest BCUT2D eigenvalue weighted by Crippen LogP contribution is -2.72. The Balaban J connectivity index is 1.72. The van der Waals surface area contributed by atoms with Gasteiger partial charge in [-0.3, -0.25) is 4.79 Å².